The number of nitrogens with one attached hydrogen (secondary N) is 2. The summed E-state index contributed by atoms with van der Waals surface area (Å²) in [5.74, 6) is -0.450. The van der Waals surface area contributed by atoms with Crippen LogP contribution in [-0.4, -0.2) is 49.7 Å². The van der Waals surface area contributed by atoms with Crippen LogP contribution < -0.4 is 10.6 Å². The minimum absolute atomic E-state index is 0.00993. The quantitative estimate of drug-likeness (QED) is 0.452. The van der Waals surface area contributed by atoms with E-state index in [1.807, 2.05) is 0 Å². The molecule has 0 saturated carbocycles. The lowest BCUT2D eigenvalue weighted by molar-refractivity contribution is -0.147. The van der Waals surface area contributed by atoms with Gasteiger partial charge in [0.1, 0.15) is 6.10 Å². The summed E-state index contributed by atoms with van der Waals surface area (Å²) in [6.07, 6.45) is 0.378. The monoisotopic (exact) mass is 228 g/mol. The number of hydrogen-bond donors (Lipinski definition) is 2. The van der Waals surface area contributed by atoms with Crippen LogP contribution in [0.15, 0.2) is 0 Å². The molecule has 0 bridgehead atoms. The van der Waals surface area contributed by atoms with Crippen molar-refractivity contribution in [2.45, 2.75) is 24.4 Å². The maximum absolute atomic E-state index is 11.7. The summed E-state index contributed by atoms with van der Waals surface area (Å²) in [6.45, 7) is 1.56. The largest absolute Gasteiger partial charge is 0.373 e. The van der Waals surface area contributed by atoms with Crippen molar-refractivity contribution in [2.75, 3.05) is 19.8 Å². The Morgan fingerprint density at radius 3 is 2.50 bits per heavy atom. The van der Waals surface area contributed by atoms with Crippen molar-refractivity contribution in [2.24, 2.45) is 0 Å². The van der Waals surface area contributed by atoms with Crippen LogP contribution in [-0.2, 0) is 19.0 Å². The number of carbonyl (C=O) groups is 2. The molecule has 7 nitrogen and oxygen atoms in total. The summed E-state index contributed by atoms with van der Waals surface area (Å²) in [7, 11) is 0. The van der Waals surface area contributed by atoms with Gasteiger partial charge in [-0.3, -0.25) is 10.1 Å². The molecule has 0 aromatic heterocycles. The standard InChI is InChI=1S/C9H12N2O5/c12-7-9(1-5-2-14-5,11-8(13)10-7)16-4-6-3-15-6/h5-6H,1-4H2,(H2,10,11,12,13). The van der Waals surface area contributed by atoms with Gasteiger partial charge in [-0.15, -0.1) is 0 Å². The fraction of sp³-hybridized carbons (Fsp3) is 0.778. The Kier molecular flexibility index (Phi) is 2.13. The molecule has 3 heterocycles. The lowest BCUT2D eigenvalue weighted by Gasteiger charge is -2.25. The van der Waals surface area contributed by atoms with Gasteiger partial charge in [-0.2, -0.15) is 0 Å². The van der Waals surface area contributed by atoms with E-state index in [9.17, 15) is 9.59 Å². The van der Waals surface area contributed by atoms with Crippen LogP contribution >= 0.6 is 0 Å². The number of hydrogen-bond acceptors (Lipinski definition) is 5. The maximum atomic E-state index is 11.7. The lowest BCUT2D eigenvalue weighted by atomic mass is 10.1. The second kappa shape index (κ2) is 3.41. The third-order valence-electron chi connectivity index (χ3n) is 2.74. The average molecular weight is 228 g/mol. The molecule has 0 aromatic carbocycles. The van der Waals surface area contributed by atoms with E-state index in [0.29, 0.717) is 26.2 Å². The van der Waals surface area contributed by atoms with Crippen LogP contribution in [0.3, 0.4) is 0 Å². The van der Waals surface area contributed by atoms with Crippen molar-refractivity contribution >= 4 is 11.9 Å². The fourth-order valence-electron chi connectivity index (χ4n) is 1.69. The van der Waals surface area contributed by atoms with Gasteiger partial charge >= 0.3 is 6.03 Å². The molecule has 7 heteroatoms. The van der Waals surface area contributed by atoms with Gasteiger partial charge in [0, 0.05) is 6.42 Å². The smallest absolute Gasteiger partial charge is 0.324 e. The van der Waals surface area contributed by atoms with E-state index in [-0.39, 0.29) is 12.2 Å². The van der Waals surface area contributed by atoms with E-state index in [1.54, 1.807) is 0 Å². The van der Waals surface area contributed by atoms with Crippen molar-refractivity contribution in [1.82, 2.24) is 10.6 Å². The van der Waals surface area contributed by atoms with Crippen molar-refractivity contribution in [3.63, 3.8) is 0 Å². The molecule has 0 spiro atoms. The van der Waals surface area contributed by atoms with Crippen LogP contribution in [0.5, 0.6) is 0 Å². The Labute approximate surface area is 91.4 Å². The molecule has 2 N–H and O–H groups in total. The van der Waals surface area contributed by atoms with Crippen LogP contribution in [0.4, 0.5) is 4.79 Å². The lowest BCUT2D eigenvalue weighted by Crippen LogP contribution is -2.51. The van der Waals surface area contributed by atoms with Gasteiger partial charge in [0.05, 0.1) is 25.9 Å². The first-order chi connectivity index (χ1) is 7.68. The molecular weight excluding hydrogens is 216 g/mol. The van der Waals surface area contributed by atoms with Gasteiger partial charge in [0.15, 0.2) is 0 Å². The summed E-state index contributed by atoms with van der Waals surface area (Å²) in [6, 6.07) is -0.526. The first-order valence-corrected chi connectivity index (χ1v) is 5.19. The molecule has 3 saturated heterocycles. The molecule has 3 rings (SSSR count). The van der Waals surface area contributed by atoms with Gasteiger partial charge in [-0.05, 0) is 0 Å². The highest BCUT2D eigenvalue weighted by atomic mass is 16.6. The van der Waals surface area contributed by atoms with E-state index >= 15 is 0 Å². The number of rotatable bonds is 5. The summed E-state index contributed by atoms with van der Waals surface area (Å²) in [5.41, 5.74) is -1.27. The zero-order chi connectivity index (χ0) is 11.2. The molecule has 0 aliphatic carbocycles. The highest BCUT2D eigenvalue weighted by Crippen LogP contribution is 2.27. The SMILES string of the molecule is O=C1NC(=O)C(CC2CO2)(OCC2CO2)N1. The Balaban J connectivity index is 1.69. The molecule has 3 amide bonds. The van der Waals surface area contributed by atoms with E-state index in [1.165, 1.54) is 0 Å². The third kappa shape index (κ3) is 1.89. The van der Waals surface area contributed by atoms with Gasteiger partial charge < -0.3 is 19.5 Å². The molecule has 0 radical (unpaired) electrons. The molecule has 88 valence electrons. The predicted octanol–water partition coefficient (Wildman–Crippen LogP) is -1.27. The van der Waals surface area contributed by atoms with Gasteiger partial charge in [0.25, 0.3) is 5.91 Å². The van der Waals surface area contributed by atoms with Crippen LogP contribution in [0.2, 0.25) is 0 Å². The molecule has 3 atom stereocenters. The van der Waals surface area contributed by atoms with E-state index < -0.39 is 17.7 Å². The molecule has 16 heavy (non-hydrogen) atoms. The summed E-state index contributed by atoms with van der Waals surface area (Å²) in [5, 5.41) is 4.69. The van der Waals surface area contributed by atoms with Gasteiger partial charge in [-0.25, -0.2) is 4.79 Å². The Bertz CT molecular complexity index is 339. The normalized spacial score (nSPS) is 40.5. The number of amides is 3. The van der Waals surface area contributed by atoms with Crippen molar-refractivity contribution in [1.29, 1.82) is 0 Å². The van der Waals surface area contributed by atoms with Crippen LogP contribution in [0.1, 0.15) is 6.42 Å². The number of imide groups is 1. The zero-order valence-electron chi connectivity index (χ0n) is 8.52. The Morgan fingerprint density at radius 1 is 1.31 bits per heavy atom. The minimum atomic E-state index is -1.27. The number of ether oxygens (including phenoxy) is 3. The van der Waals surface area contributed by atoms with Crippen LogP contribution in [0, 0.1) is 0 Å². The summed E-state index contributed by atoms with van der Waals surface area (Å²) >= 11 is 0. The highest BCUT2D eigenvalue weighted by molar-refractivity contribution is 6.06. The zero-order valence-corrected chi connectivity index (χ0v) is 8.52. The Morgan fingerprint density at radius 2 is 2.00 bits per heavy atom. The first kappa shape index (κ1) is 10.0. The number of carbonyl (C=O) groups excluding carboxylic acids is 2. The van der Waals surface area contributed by atoms with Gasteiger partial charge in [0.2, 0.25) is 5.72 Å². The van der Waals surface area contributed by atoms with Crippen molar-refractivity contribution in [3.8, 4) is 0 Å². The highest BCUT2D eigenvalue weighted by Gasteiger charge is 2.51. The summed E-state index contributed by atoms with van der Waals surface area (Å²) in [4.78, 5) is 22.8. The second-order valence-electron chi connectivity index (χ2n) is 4.16. The van der Waals surface area contributed by atoms with E-state index in [4.69, 9.17) is 14.2 Å². The summed E-state index contributed by atoms with van der Waals surface area (Å²) < 4.78 is 15.6. The minimum Gasteiger partial charge on any atom is -0.373 e. The molecule has 3 unspecified atom stereocenters. The second-order valence-corrected chi connectivity index (χ2v) is 4.16. The number of urea groups is 1. The Hall–Kier alpha value is -1.18. The van der Waals surface area contributed by atoms with Crippen LogP contribution in [0.25, 0.3) is 0 Å². The topological polar surface area (TPSA) is 92.5 Å². The van der Waals surface area contributed by atoms with Gasteiger partial charge in [-0.1, -0.05) is 0 Å². The molecule has 3 aliphatic rings. The van der Waals surface area contributed by atoms with Crippen molar-refractivity contribution in [3.05, 3.63) is 0 Å². The maximum Gasteiger partial charge on any atom is 0.324 e. The fourth-order valence-corrected chi connectivity index (χ4v) is 1.69. The molecule has 0 aromatic rings. The predicted molar refractivity (Wildman–Crippen MR) is 49.5 cm³/mol. The van der Waals surface area contributed by atoms with Crippen molar-refractivity contribution < 1.29 is 23.8 Å². The van der Waals surface area contributed by atoms with E-state index in [2.05, 4.69) is 10.6 Å². The number of epoxide rings is 2. The average Bonchev–Trinajstić information content (AvgIpc) is 3.09. The first-order valence-electron chi connectivity index (χ1n) is 5.19. The molecular formula is C9H12N2O5. The molecule has 3 aliphatic heterocycles. The van der Waals surface area contributed by atoms with E-state index in [0.717, 1.165) is 0 Å². The third-order valence-corrected chi connectivity index (χ3v) is 2.74. The molecule has 3 fully saturated rings.